The summed E-state index contributed by atoms with van der Waals surface area (Å²) >= 11 is 0. The van der Waals surface area contributed by atoms with Crippen LogP contribution in [0.3, 0.4) is 0 Å². The maximum Gasteiger partial charge on any atom is 0.407 e. The minimum atomic E-state index is -1.87. The van der Waals surface area contributed by atoms with Crippen molar-refractivity contribution < 1.29 is 81.3 Å². The van der Waals surface area contributed by atoms with Crippen LogP contribution in [0.2, 0.25) is 0 Å². The predicted octanol–water partition coefficient (Wildman–Crippen LogP) is 10.7. The van der Waals surface area contributed by atoms with Crippen LogP contribution in [0, 0.1) is 17.8 Å². The van der Waals surface area contributed by atoms with Crippen molar-refractivity contribution in [2.24, 2.45) is 23.5 Å². The lowest BCUT2D eigenvalue weighted by Gasteiger charge is -2.37. The molecule has 30 heteroatoms. The van der Waals surface area contributed by atoms with Crippen LogP contribution in [0.5, 0.6) is 5.75 Å². The summed E-state index contributed by atoms with van der Waals surface area (Å²) in [7, 11) is 0. The summed E-state index contributed by atoms with van der Waals surface area (Å²) < 4.78 is 17.7. The maximum atomic E-state index is 15.4. The van der Waals surface area contributed by atoms with E-state index in [1.54, 1.807) is 86.6 Å². The quantitative estimate of drug-likeness (QED) is 0.0125. The second-order valence-electron chi connectivity index (χ2n) is 37.2. The first-order chi connectivity index (χ1) is 65.7. The van der Waals surface area contributed by atoms with Gasteiger partial charge >= 0.3 is 12.1 Å². The first kappa shape index (κ1) is 105. The Balaban J connectivity index is 0.872. The van der Waals surface area contributed by atoms with Gasteiger partial charge in [-0.1, -0.05) is 297 Å². The molecule has 0 unspecified atom stereocenters. The molecular formula is C108H129N13O17. The molecule has 9 aromatic carbocycles. The summed E-state index contributed by atoms with van der Waals surface area (Å²) in [5, 5.41) is 33.1. The second-order valence-corrected chi connectivity index (χ2v) is 37.2. The molecule has 0 saturated heterocycles. The van der Waals surface area contributed by atoms with Crippen LogP contribution in [-0.4, -0.2) is 162 Å². The molecule has 14 N–H and O–H groups in total. The Hall–Kier alpha value is -14.8. The molecule has 9 aromatic rings. The van der Waals surface area contributed by atoms with Crippen molar-refractivity contribution in [1.82, 2.24) is 63.8 Å². The molecule has 0 heterocycles. The van der Waals surface area contributed by atoms with Gasteiger partial charge in [0.1, 0.15) is 89.0 Å². The van der Waals surface area contributed by atoms with Crippen LogP contribution in [0.1, 0.15) is 191 Å². The van der Waals surface area contributed by atoms with E-state index in [4.69, 9.17) is 19.9 Å². The van der Waals surface area contributed by atoms with Gasteiger partial charge in [-0.3, -0.25) is 62.3 Å². The molecule has 0 bridgehead atoms. The lowest BCUT2D eigenvalue weighted by atomic mass is 9.77. The zero-order valence-corrected chi connectivity index (χ0v) is 80.6. The Kier molecular flexibility index (Phi) is 37.0. The van der Waals surface area contributed by atoms with Crippen LogP contribution in [-0.2, 0) is 89.3 Å². The molecule has 0 saturated carbocycles. The standard InChI is InChI=1S/C108H129N13O17/c1-15-67(5)93(117-96(127)70(8)111-95(126)69(7)112-98(129)84(59-60-89(123)120-107(72-39-23-17-24-40-72,73-41-25-18-26-42-73)74-43-27-19-28-44-74)113-101(132)92(66(3)4)119-104(135)136-65-83-81-53-37-35-51-79(81)80-52-36-38-54-82(80)83)102(133)116-87(63-91(125)138-106(12,13)14)99(130)114-85(61-71-55-57-78(58-56-71)137-105(9,10)11)100(131)118-94(68(6)16-2)103(134)115-86(97(128)110-64-88(109)122)62-90(124)121-108(75-45-29-20-30-46-75,76-47-31-21-32-48-76)77-49-33-22-34-50-77/h17-58,66-70,83-87,92-94H,15-16,59-65H2,1-14H3,(H2,109,122)(H,110,128)(H,111,126)(H,112,129)(H,113,132)(H,114,130)(H,115,134)(H,116,133)(H,117,127)(H,118,131)(H,119,135)(H,120,123)(H,121,124)/t67-,68-,69-,70-,84-,85-,86-,87-,92-,93-,94-/m0/s1. The number of carbonyl (C=O) groups is 14. The summed E-state index contributed by atoms with van der Waals surface area (Å²) in [5.74, 6) is -13.8. The fourth-order valence-corrected chi connectivity index (χ4v) is 16.7. The molecule has 11 atom stereocenters. The van der Waals surface area contributed by atoms with Gasteiger partial charge in [-0.2, -0.15) is 0 Å². The van der Waals surface area contributed by atoms with Crippen molar-refractivity contribution in [2.75, 3.05) is 13.2 Å². The molecule has 0 fully saturated rings. The third-order valence-corrected chi connectivity index (χ3v) is 24.1. The largest absolute Gasteiger partial charge is 0.488 e. The maximum absolute atomic E-state index is 15.4. The Morgan fingerprint density at radius 1 is 0.362 bits per heavy atom. The third kappa shape index (κ3) is 28.4. The zero-order chi connectivity index (χ0) is 100. The van der Waals surface area contributed by atoms with E-state index in [1.807, 2.05) is 251 Å². The monoisotopic (exact) mass is 1880 g/mol. The van der Waals surface area contributed by atoms with Crippen LogP contribution in [0.4, 0.5) is 4.79 Å². The highest BCUT2D eigenvalue weighted by molar-refractivity contribution is 6.01. The third-order valence-electron chi connectivity index (χ3n) is 24.1. The lowest BCUT2D eigenvalue weighted by Crippen LogP contribution is -2.62. The molecule has 1 aliphatic carbocycles. The number of benzene rings is 9. The number of esters is 1. The van der Waals surface area contributed by atoms with Crippen LogP contribution in [0.15, 0.2) is 255 Å². The van der Waals surface area contributed by atoms with Crippen molar-refractivity contribution in [3.05, 3.63) is 305 Å². The number of primary amides is 1. The number of fused-ring (bicyclic) bond motifs is 3. The Morgan fingerprint density at radius 2 is 0.725 bits per heavy atom. The fraction of sp³-hybridized carbons (Fsp3) is 0.370. The molecule has 138 heavy (non-hydrogen) atoms. The highest BCUT2D eigenvalue weighted by Gasteiger charge is 2.44. The van der Waals surface area contributed by atoms with Crippen LogP contribution in [0.25, 0.3) is 11.1 Å². The summed E-state index contributed by atoms with van der Waals surface area (Å²) in [6, 6.07) is 63.4. The Morgan fingerprint density at radius 3 is 1.14 bits per heavy atom. The van der Waals surface area contributed by atoms with Gasteiger partial charge in [0, 0.05) is 18.8 Å². The molecular weight excluding hydrogens is 1750 g/mol. The molecule has 30 nitrogen and oxygen atoms in total. The van der Waals surface area contributed by atoms with Crippen molar-refractivity contribution in [1.29, 1.82) is 0 Å². The van der Waals surface area contributed by atoms with Crippen LogP contribution >= 0.6 is 0 Å². The minimum Gasteiger partial charge on any atom is -0.488 e. The van der Waals surface area contributed by atoms with Gasteiger partial charge in [-0.15, -0.1) is 0 Å². The summed E-state index contributed by atoms with van der Waals surface area (Å²) in [4.78, 5) is 205. The van der Waals surface area contributed by atoms with E-state index in [9.17, 15) is 47.9 Å². The van der Waals surface area contributed by atoms with Gasteiger partial charge in [-0.05, 0) is 153 Å². The predicted molar refractivity (Wildman–Crippen MR) is 524 cm³/mol. The average Bonchev–Trinajstić information content (AvgIpc) is 0.984. The van der Waals surface area contributed by atoms with Gasteiger partial charge < -0.3 is 83.7 Å². The molecule has 0 aromatic heterocycles. The van der Waals surface area contributed by atoms with Gasteiger partial charge in [0.25, 0.3) is 0 Å². The number of nitrogens with one attached hydrogen (secondary N) is 12. The van der Waals surface area contributed by atoms with E-state index < -0.39 is 197 Å². The zero-order valence-electron chi connectivity index (χ0n) is 80.6. The Labute approximate surface area is 806 Å². The van der Waals surface area contributed by atoms with Crippen molar-refractivity contribution in [3.63, 3.8) is 0 Å². The van der Waals surface area contributed by atoms with Gasteiger partial charge in [0.05, 0.1) is 19.4 Å². The number of ether oxygens (including phenoxy) is 3. The number of amides is 13. The van der Waals surface area contributed by atoms with Crippen molar-refractivity contribution in [3.8, 4) is 16.9 Å². The van der Waals surface area contributed by atoms with E-state index in [0.717, 1.165) is 22.3 Å². The van der Waals surface area contributed by atoms with E-state index in [-0.39, 0.29) is 44.6 Å². The smallest absolute Gasteiger partial charge is 0.407 e. The molecule has 13 amide bonds. The number of carbonyl (C=O) groups excluding carboxylic acids is 14. The first-order valence-corrected chi connectivity index (χ1v) is 46.8. The molecule has 0 radical (unpaired) electrons. The highest BCUT2D eigenvalue weighted by atomic mass is 16.6. The molecule has 0 aliphatic heterocycles. The number of hydrogen-bond donors (Lipinski definition) is 13. The second kappa shape index (κ2) is 48.6. The molecule has 0 spiro atoms. The van der Waals surface area contributed by atoms with Crippen molar-refractivity contribution in [2.45, 2.75) is 224 Å². The summed E-state index contributed by atoms with van der Waals surface area (Å²) in [5.41, 5.74) is 9.51. The highest BCUT2D eigenvalue weighted by Crippen LogP contribution is 2.45. The summed E-state index contributed by atoms with van der Waals surface area (Å²) in [6.07, 6.45) is -3.09. The van der Waals surface area contributed by atoms with Gasteiger partial charge in [0.2, 0.25) is 70.9 Å². The van der Waals surface area contributed by atoms with E-state index in [0.29, 0.717) is 44.7 Å². The van der Waals surface area contributed by atoms with E-state index in [1.165, 1.54) is 13.8 Å². The minimum absolute atomic E-state index is 0.0721. The van der Waals surface area contributed by atoms with Gasteiger partial charge in [-0.25, -0.2) is 4.79 Å². The lowest BCUT2D eigenvalue weighted by molar-refractivity contribution is -0.157. The van der Waals surface area contributed by atoms with E-state index >= 15 is 19.2 Å². The molecule has 1 aliphatic rings. The Bertz CT molecular complexity index is 5470. The number of nitrogens with two attached hydrogens (primary N) is 1. The topological polar surface area (TPSA) is 437 Å². The molecule has 728 valence electrons. The van der Waals surface area contributed by atoms with E-state index in [2.05, 4.69) is 63.8 Å². The van der Waals surface area contributed by atoms with Crippen molar-refractivity contribution >= 4 is 82.9 Å². The number of rotatable bonds is 45. The first-order valence-electron chi connectivity index (χ1n) is 46.8. The molecule has 10 rings (SSSR count). The SMILES string of the molecule is CC[C@H](C)[C@H](NC(=O)[C@H](C)NC(=O)[C@H](C)NC(=O)[C@H](CCC(=O)NC(c1ccccc1)(c1ccccc1)c1ccccc1)NC(=O)[C@@H](NC(=O)OCC1c2ccccc2-c2ccccc21)C(C)C)C(=O)N[C@@H](CC(=O)OC(C)(C)C)C(=O)N[C@@H](Cc1ccc(OC(C)(C)C)cc1)C(=O)N[C@H](C(=O)N[C@@H](CC(=O)NC(c1ccccc1)(c1ccccc1)c1ccccc1)C(=O)NCC(N)=O)[C@@H](C)CC. The normalized spacial score (nSPS) is 14.3. The van der Waals surface area contributed by atoms with Crippen LogP contribution < -0.4 is 74.3 Å². The number of hydrogen-bond acceptors (Lipinski definition) is 17. The van der Waals surface area contributed by atoms with Gasteiger partial charge in [0.15, 0.2) is 0 Å². The average molecular weight is 1880 g/mol. The summed E-state index contributed by atoms with van der Waals surface area (Å²) in [6.45, 7) is 22.3. The fourth-order valence-electron chi connectivity index (χ4n) is 16.7. The number of alkyl carbamates (subject to hydrolysis) is 1.